The smallest absolute Gasteiger partial charge is 0.0833 e. The molecule has 1 saturated carbocycles. The molecule has 0 aromatic rings. The first kappa shape index (κ1) is 12.7. The number of hydrogen-bond acceptors (Lipinski definition) is 2. The highest BCUT2D eigenvalue weighted by Gasteiger charge is 2.39. The Hall–Kier alpha value is -0.340. The molecule has 0 spiro atoms. The summed E-state index contributed by atoms with van der Waals surface area (Å²) < 4.78 is 0. The second-order valence-electron chi connectivity index (χ2n) is 5.71. The highest BCUT2D eigenvalue weighted by atomic mass is 16.3. The van der Waals surface area contributed by atoms with E-state index in [0.717, 1.165) is 24.8 Å². The molecule has 2 heteroatoms. The molecule has 0 heterocycles. The van der Waals surface area contributed by atoms with Crippen LogP contribution in [0.4, 0.5) is 0 Å². The summed E-state index contributed by atoms with van der Waals surface area (Å²) >= 11 is 0. The van der Waals surface area contributed by atoms with E-state index in [-0.39, 0.29) is 11.5 Å². The predicted molar refractivity (Wildman–Crippen MR) is 62.6 cm³/mol. The van der Waals surface area contributed by atoms with Gasteiger partial charge in [-0.25, -0.2) is 0 Å². The summed E-state index contributed by atoms with van der Waals surface area (Å²) in [5.74, 6) is 0. The van der Waals surface area contributed by atoms with Crippen molar-refractivity contribution >= 4 is 0 Å². The molecule has 2 unspecified atom stereocenters. The van der Waals surface area contributed by atoms with Gasteiger partial charge in [-0.15, -0.1) is 0 Å². The van der Waals surface area contributed by atoms with Crippen molar-refractivity contribution in [2.75, 3.05) is 0 Å². The van der Waals surface area contributed by atoms with Crippen molar-refractivity contribution in [3.8, 4) is 0 Å². The minimum Gasteiger partial charge on any atom is -0.393 e. The first-order chi connectivity index (χ1) is 6.76. The third-order valence-corrected chi connectivity index (χ3v) is 3.44. The molecule has 2 N–H and O–H groups in total. The molecule has 1 aliphatic carbocycles. The molecule has 0 amide bonds. The van der Waals surface area contributed by atoms with Crippen LogP contribution in [-0.2, 0) is 0 Å². The third kappa shape index (κ3) is 3.05. The Bertz CT molecular complexity index is 231. The number of rotatable bonds is 2. The van der Waals surface area contributed by atoms with Gasteiger partial charge in [-0.3, -0.25) is 0 Å². The average molecular weight is 212 g/mol. The Labute approximate surface area is 93.0 Å². The zero-order valence-electron chi connectivity index (χ0n) is 10.4. The molecule has 0 aromatic carbocycles. The predicted octanol–water partition coefficient (Wildman–Crippen LogP) is 2.64. The van der Waals surface area contributed by atoms with Gasteiger partial charge in [-0.05, 0) is 50.5 Å². The zero-order valence-corrected chi connectivity index (χ0v) is 10.4. The van der Waals surface area contributed by atoms with Gasteiger partial charge in [-0.1, -0.05) is 19.9 Å². The monoisotopic (exact) mass is 212 g/mol. The van der Waals surface area contributed by atoms with Crippen molar-refractivity contribution in [3.63, 3.8) is 0 Å². The molecule has 88 valence electrons. The van der Waals surface area contributed by atoms with E-state index < -0.39 is 5.60 Å². The number of aliphatic hydroxyl groups is 2. The van der Waals surface area contributed by atoms with Crippen LogP contribution >= 0.6 is 0 Å². The van der Waals surface area contributed by atoms with E-state index in [4.69, 9.17) is 0 Å². The molecule has 2 atom stereocenters. The fourth-order valence-corrected chi connectivity index (χ4v) is 2.66. The van der Waals surface area contributed by atoms with Gasteiger partial charge in [0.15, 0.2) is 0 Å². The Morgan fingerprint density at radius 1 is 1.33 bits per heavy atom. The van der Waals surface area contributed by atoms with Gasteiger partial charge in [0.2, 0.25) is 0 Å². The molecular formula is C13H24O2. The molecule has 2 nitrogen and oxygen atoms in total. The molecule has 1 rings (SSSR count). The van der Waals surface area contributed by atoms with Crippen molar-refractivity contribution in [2.24, 2.45) is 5.41 Å². The minimum atomic E-state index is -0.684. The fraction of sp³-hybridized carbons (Fsp3) is 0.846. The maximum atomic E-state index is 10.3. The van der Waals surface area contributed by atoms with Crippen molar-refractivity contribution in [1.29, 1.82) is 0 Å². The molecule has 0 radical (unpaired) electrons. The molecule has 0 bridgehead atoms. The lowest BCUT2D eigenvalue weighted by atomic mass is 9.66. The Balaban J connectivity index is 2.91. The van der Waals surface area contributed by atoms with Crippen LogP contribution < -0.4 is 0 Å². The van der Waals surface area contributed by atoms with E-state index in [2.05, 4.69) is 13.8 Å². The van der Waals surface area contributed by atoms with E-state index in [0.29, 0.717) is 6.42 Å². The molecule has 0 saturated heterocycles. The van der Waals surface area contributed by atoms with Gasteiger partial charge in [0.1, 0.15) is 0 Å². The number of aliphatic hydroxyl groups excluding tert-OH is 1. The van der Waals surface area contributed by atoms with E-state index >= 15 is 0 Å². The zero-order chi connectivity index (χ0) is 11.7. The normalized spacial score (nSPS) is 35.5. The van der Waals surface area contributed by atoms with Gasteiger partial charge < -0.3 is 10.2 Å². The highest BCUT2D eigenvalue weighted by Crippen LogP contribution is 2.45. The van der Waals surface area contributed by atoms with Crippen molar-refractivity contribution in [1.82, 2.24) is 0 Å². The van der Waals surface area contributed by atoms with E-state index in [9.17, 15) is 10.2 Å². The van der Waals surface area contributed by atoms with Gasteiger partial charge in [0, 0.05) is 0 Å². The van der Waals surface area contributed by atoms with E-state index in [1.165, 1.54) is 0 Å². The van der Waals surface area contributed by atoms with Gasteiger partial charge in [0.25, 0.3) is 0 Å². The Morgan fingerprint density at radius 2 is 1.93 bits per heavy atom. The summed E-state index contributed by atoms with van der Waals surface area (Å²) in [7, 11) is 0. The van der Waals surface area contributed by atoms with Crippen LogP contribution in [0.3, 0.4) is 0 Å². The van der Waals surface area contributed by atoms with Gasteiger partial charge in [0.05, 0.1) is 11.7 Å². The van der Waals surface area contributed by atoms with Crippen LogP contribution in [0.1, 0.15) is 53.4 Å². The van der Waals surface area contributed by atoms with Crippen molar-refractivity contribution in [3.05, 3.63) is 11.6 Å². The lowest BCUT2D eigenvalue weighted by Gasteiger charge is -2.43. The lowest BCUT2D eigenvalue weighted by Crippen LogP contribution is -2.39. The van der Waals surface area contributed by atoms with Crippen molar-refractivity contribution < 1.29 is 10.2 Å². The lowest BCUT2D eigenvalue weighted by molar-refractivity contribution is 0.0387. The second-order valence-corrected chi connectivity index (χ2v) is 5.71. The molecule has 0 aliphatic heterocycles. The molecule has 15 heavy (non-hydrogen) atoms. The maximum absolute atomic E-state index is 10.3. The molecule has 1 fully saturated rings. The van der Waals surface area contributed by atoms with Gasteiger partial charge in [-0.2, -0.15) is 0 Å². The standard InChI is InChI=1S/C13H24O2/c1-10(14)6-7-11-12(2,3)8-5-9-13(11,4)15/h7,10,14-15H,5-6,8-9H2,1-4H3/b11-7+. The Kier molecular flexibility index (Phi) is 3.62. The van der Waals surface area contributed by atoms with Crippen LogP contribution in [-0.4, -0.2) is 21.9 Å². The summed E-state index contributed by atoms with van der Waals surface area (Å²) in [6, 6.07) is 0. The topological polar surface area (TPSA) is 40.5 Å². The second kappa shape index (κ2) is 4.26. The first-order valence-electron chi connectivity index (χ1n) is 5.87. The summed E-state index contributed by atoms with van der Waals surface area (Å²) in [5, 5.41) is 19.6. The van der Waals surface area contributed by atoms with Gasteiger partial charge >= 0.3 is 0 Å². The van der Waals surface area contributed by atoms with E-state index in [1.807, 2.05) is 13.0 Å². The minimum absolute atomic E-state index is 0.0661. The molecule has 0 aromatic heterocycles. The average Bonchev–Trinajstić information content (AvgIpc) is 1.99. The summed E-state index contributed by atoms with van der Waals surface area (Å²) in [4.78, 5) is 0. The fourth-order valence-electron chi connectivity index (χ4n) is 2.66. The maximum Gasteiger partial charge on any atom is 0.0833 e. The van der Waals surface area contributed by atoms with Crippen LogP contribution in [0.15, 0.2) is 11.6 Å². The summed E-state index contributed by atoms with van der Waals surface area (Å²) in [6.07, 6.45) is 5.37. The number of hydrogen-bond donors (Lipinski definition) is 2. The van der Waals surface area contributed by atoms with Crippen LogP contribution in [0.2, 0.25) is 0 Å². The van der Waals surface area contributed by atoms with Crippen LogP contribution in [0.5, 0.6) is 0 Å². The quantitative estimate of drug-likeness (QED) is 0.691. The largest absolute Gasteiger partial charge is 0.393 e. The van der Waals surface area contributed by atoms with Crippen molar-refractivity contribution in [2.45, 2.75) is 65.1 Å². The molecule has 1 aliphatic rings. The summed E-state index contributed by atoms with van der Waals surface area (Å²) in [5.41, 5.74) is 0.481. The van der Waals surface area contributed by atoms with Crippen LogP contribution in [0.25, 0.3) is 0 Å². The van der Waals surface area contributed by atoms with E-state index in [1.54, 1.807) is 6.92 Å². The summed E-state index contributed by atoms with van der Waals surface area (Å²) in [6.45, 7) is 8.02. The SMILES string of the molecule is CC(O)C/C=C1\C(C)(C)CCCC1(C)O. The highest BCUT2D eigenvalue weighted by molar-refractivity contribution is 5.25. The Morgan fingerprint density at radius 3 is 2.40 bits per heavy atom. The molecular weight excluding hydrogens is 188 g/mol. The third-order valence-electron chi connectivity index (χ3n) is 3.44. The first-order valence-corrected chi connectivity index (χ1v) is 5.87. The van der Waals surface area contributed by atoms with Crippen LogP contribution in [0, 0.1) is 5.41 Å².